The minimum Gasteiger partial charge on any atom is -1.00 e. The second-order valence-corrected chi connectivity index (χ2v) is 9.04. The topological polar surface area (TPSA) is 20.2 Å². The Labute approximate surface area is 210 Å². The number of rotatable bonds is 4. The molecule has 31 heavy (non-hydrogen) atoms. The third-order valence-electron chi connectivity index (χ3n) is 6.26. The van der Waals surface area contributed by atoms with Crippen LogP contribution in [-0.2, 0) is 24.7 Å². The molecule has 0 saturated heterocycles. The number of hydrogen-bond acceptors (Lipinski definition) is 1. The fourth-order valence-corrected chi connectivity index (χ4v) is 6.19. The minimum atomic E-state index is 0. The molecule has 0 aromatic heterocycles. The summed E-state index contributed by atoms with van der Waals surface area (Å²) in [5, 5.41) is 14.9. The average molecular weight is 526 g/mol. The maximum absolute atomic E-state index is 9.48. The molecule has 0 heterocycles. The van der Waals surface area contributed by atoms with Gasteiger partial charge in [-0.25, -0.2) is 0 Å². The van der Waals surface area contributed by atoms with Crippen LogP contribution in [-0.4, -0.2) is 11.7 Å². The van der Waals surface area contributed by atoms with Crippen molar-refractivity contribution in [1.29, 1.82) is 0 Å². The summed E-state index contributed by atoms with van der Waals surface area (Å²) in [6.07, 6.45) is 6.36. The van der Waals surface area contributed by atoms with Gasteiger partial charge in [-0.3, -0.25) is 0 Å². The maximum atomic E-state index is 9.48. The van der Waals surface area contributed by atoms with Crippen LogP contribution in [0.4, 0.5) is 0 Å². The minimum absolute atomic E-state index is 0. The fraction of sp³-hybridized carbons (Fsp3) is 0.185. The van der Waals surface area contributed by atoms with Gasteiger partial charge in [-0.1, -0.05) is 0 Å². The van der Waals surface area contributed by atoms with Gasteiger partial charge in [-0.2, -0.15) is 0 Å². The maximum Gasteiger partial charge on any atom is -1.00 e. The van der Waals surface area contributed by atoms with Crippen molar-refractivity contribution in [2.75, 3.05) is 6.61 Å². The Morgan fingerprint density at radius 2 is 1.61 bits per heavy atom. The molecule has 155 valence electrons. The van der Waals surface area contributed by atoms with Gasteiger partial charge in [0.05, 0.1) is 0 Å². The Morgan fingerprint density at radius 3 is 2.35 bits per heavy atom. The summed E-state index contributed by atoms with van der Waals surface area (Å²) in [6.45, 7) is 2.38. The standard InChI is InChI=1S/C27H23O.2ClH.Zr/c1-2-18-13-14-24-22-11-5-3-9-20(22)17-25(24)26(18)27-21(10-7-15-28)16-19-8-4-6-12-23(19)27;;;/h2-6,8-9,11-14,16,27-28H,7,10,15H2,1H3;2*1H;/q;;;+2/p-2. The third-order valence-corrected chi connectivity index (χ3v) is 7.53. The van der Waals surface area contributed by atoms with E-state index in [0.29, 0.717) is 0 Å². The van der Waals surface area contributed by atoms with Crippen LogP contribution in [0.15, 0.2) is 66.2 Å². The number of hydrogen-bond donors (Lipinski definition) is 1. The molecule has 0 amide bonds. The number of halogens is 2. The van der Waals surface area contributed by atoms with Crippen LogP contribution in [0.25, 0.3) is 15.4 Å². The number of allylic oxidation sites excluding steroid dienone is 1. The first-order chi connectivity index (χ1) is 14.2. The van der Waals surface area contributed by atoms with E-state index in [1.807, 2.05) is 0 Å². The van der Waals surface area contributed by atoms with Crippen LogP contribution in [0, 0.1) is 10.4 Å². The van der Waals surface area contributed by atoms with Crippen molar-refractivity contribution in [3.8, 4) is 0 Å². The van der Waals surface area contributed by atoms with Crippen molar-refractivity contribution in [2.45, 2.75) is 25.7 Å². The molecule has 0 spiro atoms. The monoisotopic (exact) mass is 523 g/mol. The second kappa shape index (κ2) is 10.0. The van der Waals surface area contributed by atoms with Crippen molar-refractivity contribution in [3.05, 3.63) is 109 Å². The molecule has 4 heteroatoms. The normalized spacial score (nSPS) is 16.1. The molecule has 2 aliphatic rings. The van der Waals surface area contributed by atoms with Crippen LogP contribution in [0.1, 0.15) is 47.9 Å². The van der Waals surface area contributed by atoms with E-state index in [-0.39, 0.29) is 37.3 Å². The smallest absolute Gasteiger partial charge is 1.00 e. The molecule has 1 unspecified atom stereocenters. The summed E-state index contributed by atoms with van der Waals surface area (Å²) in [5.41, 5.74) is 7.04. The molecule has 0 aliphatic heterocycles. The van der Waals surface area contributed by atoms with Crippen molar-refractivity contribution in [1.82, 2.24) is 0 Å². The van der Waals surface area contributed by atoms with Crippen LogP contribution in [0.5, 0.6) is 0 Å². The summed E-state index contributed by atoms with van der Waals surface area (Å²) in [5.74, 6) is 0.267. The van der Waals surface area contributed by atoms with Crippen molar-refractivity contribution < 1.29 is 54.6 Å². The van der Waals surface area contributed by atoms with E-state index < -0.39 is 0 Å². The van der Waals surface area contributed by atoms with Crippen LogP contribution in [0.2, 0.25) is 0 Å². The zero-order valence-electron chi connectivity index (χ0n) is 17.3. The van der Waals surface area contributed by atoms with E-state index in [1.54, 1.807) is 0 Å². The van der Waals surface area contributed by atoms with E-state index in [1.165, 1.54) is 76.7 Å². The SMILES string of the molecule is CC=c1ccc2c(c1C1C(CCCO)=Cc3ccccc31)[C]([Zr+2])=c1ccccc1=2.[Cl-].[Cl-]. The molecule has 0 fully saturated rings. The van der Waals surface area contributed by atoms with Gasteiger partial charge in [0, 0.05) is 0 Å². The van der Waals surface area contributed by atoms with E-state index >= 15 is 0 Å². The Bertz CT molecular complexity index is 1380. The molecule has 1 nitrogen and oxygen atoms in total. The van der Waals surface area contributed by atoms with E-state index in [2.05, 4.69) is 79.7 Å². The summed E-state index contributed by atoms with van der Waals surface area (Å²) >= 11 is 1.46. The fourth-order valence-electron chi connectivity index (χ4n) is 4.99. The summed E-state index contributed by atoms with van der Waals surface area (Å²) < 4.78 is 1.47. The zero-order valence-corrected chi connectivity index (χ0v) is 21.3. The quantitative estimate of drug-likeness (QED) is 0.422. The molecule has 0 radical (unpaired) electrons. The molecule has 1 atom stereocenters. The van der Waals surface area contributed by atoms with E-state index in [4.69, 9.17) is 0 Å². The largest absolute Gasteiger partial charge is 1.00 e. The predicted molar refractivity (Wildman–Crippen MR) is 115 cm³/mol. The molecule has 0 bridgehead atoms. The molecule has 1 N–H and O–H groups in total. The molecular weight excluding hydrogens is 502 g/mol. The predicted octanol–water partition coefficient (Wildman–Crippen LogP) is -1.90. The Morgan fingerprint density at radius 1 is 0.903 bits per heavy atom. The molecular formula is C27H23Cl2OZr. The molecule has 5 rings (SSSR count). The van der Waals surface area contributed by atoms with Gasteiger partial charge in [0.1, 0.15) is 0 Å². The number of aliphatic hydroxyl groups is 1. The van der Waals surface area contributed by atoms with Gasteiger partial charge in [0.15, 0.2) is 0 Å². The molecule has 3 aromatic carbocycles. The Balaban J connectivity index is 0.00000136. The Kier molecular flexibility index (Phi) is 7.82. The first kappa shape index (κ1) is 24.2. The molecule has 3 aromatic rings. The summed E-state index contributed by atoms with van der Waals surface area (Å²) in [6, 6.07) is 22.2. The Hall–Kier alpha value is -1.44. The van der Waals surface area contributed by atoms with Gasteiger partial charge in [-0.15, -0.1) is 0 Å². The van der Waals surface area contributed by atoms with Crippen LogP contribution >= 0.6 is 0 Å². The average Bonchev–Trinajstić information content (AvgIpc) is 3.27. The summed E-state index contributed by atoms with van der Waals surface area (Å²) in [4.78, 5) is 0. The zero-order chi connectivity index (χ0) is 20.0. The van der Waals surface area contributed by atoms with Crippen molar-refractivity contribution in [2.24, 2.45) is 0 Å². The van der Waals surface area contributed by atoms with Gasteiger partial charge < -0.3 is 24.8 Å². The second-order valence-electron chi connectivity index (χ2n) is 7.81. The van der Waals surface area contributed by atoms with Crippen molar-refractivity contribution in [3.63, 3.8) is 0 Å². The molecule has 0 saturated carbocycles. The number of benzene rings is 3. The summed E-state index contributed by atoms with van der Waals surface area (Å²) in [7, 11) is 0. The van der Waals surface area contributed by atoms with Crippen molar-refractivity contribution >= 4 is 15.4 Å². The molecule has 2 aliphatic carbocycles. The number of fused-ring (bicyclic) bond motifs is 3. The van der Waals surface area contributed by atoms with E-state index in [0.717, 1.165) is 12.8 Å². The first-order valence-corrected chi connectivity index (χ1v) is 11.5. The first-order valence-electron chi connectivity index (χ1n) is 10.3. The number of aliphatic hydroxyl groups excluding tert-OH is 1. The van der Waals surface area contributed by atoms with Gasteiger partial charge in [-0.05, 0) is 0 Å². The van der Waals surface area contributed by atoms with Crippen LogP contribution in [0.3, 0.4) is 0 Å². The van der Waals surface area contributed by atoms with Gasteiger partial charge in [0.25, 0.3) is 0 Å². The van der Waals surface area contributed by atoms with E-state index in [9.17, 15) is 5.11 Å². The van der Waals surface area contributed by atoms with Crippen LogP contribution < -0.4 is 35.3 Å². The van der Waals surface area contributed by atoms with Gasteiger partial charge in [0.2, 0.25) is 0 Å². The third kappa shape index (κ3) is 3.94. The van der Waals surface area contributed by atoms with Gasteiger partial charge >= 0.3 is 187 Å².